The van der Waals surface area contributed by atoms with Crippen molar-refractivity contribution in [3.05, 3.63) is 151 Å². The first kappa shape index (κ1) is 24.6. The van der Waals surface area contributed by atoms with Crippen molar-refractivity contribution < 1.29 is 8.83 Å². The first-order valence-electron chi connectivity index (χ1n) is 15.4. The normalized spacial score (nSPS) is 17.1. The maximum absolute atomic E-state index is 6.58. The van der Waals surface area contributed by atoms with Crippen LogP contribution < -0.4 is 4.90 Å². The number of para-hydroxylation sites is 1. The summed E-state index contributed by atoms with van der Waals surface area (Å²) in [4.78, 5) is 7.49. The molecule has 45 heavy (non-hydrogen) atoms. The number of furan rings is 1. The molecule has 0 bridgehead atoms. The van der Waals surface area contributed by atoms with Gasteiger partial charge in [-0.05, 0) is 64.4 Å². The minimum atomic E-state index is 0.227. The lowest BCUT2D eigenvalue weighted by molar-refractivity contribution is 0.622. The van der Waals surface area contributed by atoms with Gasteiger partial charge in [0.15, 0.2) is 5.58 Å². The van der Waals surface area contributed by atoms with Gasteiger partial charge < -0.3 is 13.7 Å². The number of benzene rings is 6. The van der Waals surface area contributed by atoms with Crippen molar-refractivity contribution in [1.29, 1.82) is 0 Å². The summed E-state index contributed by atoms with van der Waals surface area (Å²) in [5.41, 5.74) is 10.0. The highest BCUT2D eigenvalue weighted by atomic mass is 16.4. The van der Waals surface area contributed by atoms with Crippen LogP contribution in [0.2, 0.25) is 0 Å². The molecule has 0 amide bonds. The van der Waals surface area contributed by atoms with E-state index < -0.39 is 0 Å². The van der Waals surface area contributed by atoms with Crippen molar-refractivity contribution in [3.8, 4) is 22.6 Å². The summed E-state index contributed by atoms with van der Waals surface area (Å²) in [6.45, 7) is 0. The minimum absolute atomic E-state index is 0.227. The molecule has 2 atom stereocenters. The van der Waals surface area contributed by atoms with Crippen LogP contribution in [-0.2, 0) is 0 Å². The van der Waals surface area contributed by atoms with Crippen LogP contribution in [0.1, 0.15) is 11.5 Å². The Hall–Kier alpha value is -5.87. The lowest BCUT2D eigenvalue weighted by Crippen LogP contribution is -2.28. The summed E-state index contributed by atoms with van der Waals surface area (Å²) in [6, 6.07) is 42.6. The van der Waals surface area contributed by atoms with Crippen LogP contribution in [0.4, 0.5) is 11.4 Å². The number of allylic oxidation sites excluding steroid dienone is 2. The molecule has 212 valence electrons. The summed E-state index contributed by atoms with van der Waals surface area (Å²) in [5.74, 6) is 0.901. The van der Waals surface area contributed by atoms with Crippen molar-refractivity contribution in [1.82, 2.24) is 4.98 Å². The molecular weight excluding hydrogens is 552 g/mol. The SMILES string of the molecule is C1=CC2c3c(ccc4ccccc34)N(c3ccc(-c4nc5cc(-c6ccccc6)c6oc7ccccc7c6c5o4)cc3)C2C=C1. The molecule has 1 aliphatic heterocycles. The maximum atomic E-state index is 6.58. The lowest BCUT2D eigenvalue weighted by Gasteiger charge is -2.28. The van der Waals surface area contributed by atoms with Crippen LogP contribution in [0, 0.1) is 0 Å². The van der Waals surface area contributed by atoms with Crippen LogP contribution in [0.5, 0.6) is 0 Å². The van der Waals surface area contributed by atoms with Gasteiger partial charge >= 0.3 is 0 Å². The van der Waals surface area contributed by atoms with Gasteiger partial charge in [0.05, 0.1) is 11.4 Å². The summed E-state index contributed by atoms with van der Waals surface area (Å²) in [7, 11) is 0. The second-order valence-corrected chi connectivity index (χ2v) is 11.9. The molecule has 2 aliphatic rings. The third-order valence-electron chi connectivity index (χ3n) is 9.42. The molecule has 2 unspecified atom stereocenters. The van der Waals surface area contributed by atoms with Gasteiger partial charge in [-0.15, -0.1) is 0 Å². The third kappa shape index (κ3) is 3.57. The van der Waals surface area contributed by atoms with E-state index in [0.29, 0.717) is 11.8 Å². The summed E-state index contributed by atoms with van der Waals surface area (Å²) in [5, 5.41) is 4.59. The molecule has 0 saturated carbocycles. The van der Waals surface area contributed by atoms with E-state index in [-0.39, 0.29) is 6.04 Å². The molecule has 8 aromatic rings. The first-order chi connectivity index (χ1) is 22.3. The highest BCUT2D eigenvalue weighted by Crippen LogP contribution is 2.50. The van der Waals surface area contributed by atoms with E-state index in [1.165, 1.54) is 22.0 Å². The van der Waals surface area contributed by atoms with Crippen molar-refractivity contribution >= 4 is 55.2 Å². The van der Waals surface area contributed by atoms with E-state index in [9.17, 15) is 0 Å². The predicted molar refractivity (Wildman–Crippen MR) is 183 cm³/mol. The summed E-state index contributed by atoms with van der Waals surface area (Å²) in [6.07, 6.45) is 9.00. The number of rotatable bonds is 3. The fourth-order valence-electron chi connectivity index (χ4n) is 7.42. The van der Waals surface area contributed by atoms with E-state index in [2.05, 4.69) is 114 Å². The number of oxazole rings is 1. The van der Waals surface area contributed by atoms with Crippen LogP contribution in [0.3, 0.4) is 0 Å². The Morgan fingerprint density at radius 1 is 0.622 bits per heavy atom. The predicted octanol–water partition coefficient (Wildman–Crippen LogP) is 10.9. The monoisotopic (exact) mass is 578 g/mol. The van der Waals surface area contributed by atoms with E-state index in [4.69, 9.17) is 13.8 Å². The number of nitrogens with zero attached hydrogens (tertiary/aromatic N) is 2. The molecule has 3 heterocycles. The van der Waals surface area contributed by atoms with Crippen molar-refractivity contribution in [2.45, 2.75) is 12.0 Å². The second kappa shape index (κ2) is 9.31. The van der Waals surface area contributed by atoms with E-state index >= 15 is 0 Å². The summed E-state index contributed by atoms with van der Waals surface area (Å²) < 4.78 is 13.0. The van der Waals surface area contributed by atoms with Crippen LogP contribution in [0.15, 0.2) is 154 Å². The molecular formula is C41H26N2O2. The number of fused-ring (bicyclic) bond motifs is 10. The van der Waals surface area contributed by atoms with Crippen LogP contribution >= 0.6 is 0 Å². The van der Waals surface area contributed by atoms with Gasteiger partial charge in [-0.1, -0.05) is 103 Å². The zero-order valence-electron chi connectivity index (χ0n) is 24.2. The van der Waals surface area contributed by atoms with Gasteiger partial charge in [0.25, 0.3) is 0 Å². The Morgan fingerprint density at radius 3 is 2.29 bits per heavy atom. The maximum Gasteiger partial charge on any atom is 0.227 e. The van der Waals surface area contributed by atoms with E-state index in [1.807, 2.05) is 36.4 Å². The largest absolute Gasteiger partial charge is 0.455 e. The molecule has 0 fully saturated rings. The molecule has 0 radical (unpaired) electrons. The smallest absolute Gasteiger partial charge is 0.227 e. The Morgan fingerprint density at radius 2 is 1.40 bits per heavy atom. The summed E-state index contributed by atoms with van der Waals surface area (Å²) >= 11 is 0. The number of hydrogen-bond acceptors (Lipinski definition) is 4. The second-order valence-electron chi connectivity index (χ2n) is 11.9. The van der Waals surface area contributed by atoms with E-state index in [0.717, 1.165) is 55.4 Å². The highest BCUT2D eigenvalue weighted by Gasteiger charge is 2.38. The molecule has 4 nitrogen and oxygen atoms in total. The van der Waals surface area contributed by atoms with Crippen molar-refractivity contribution in [2.24, 2.45) is 0 Å². The molecule has 2 aromatic heterocycles. The molecule has 0 saturated heterocycles. The highest BCUT2D eigenvalue weighted by molar-refractivity contribution is 6.20. The van der Waals surface area contributed by atoms with Gasteiger partial charge in [-0.2, -0.15) is 0 Å². The number of aromatic nitrogens is 1. The van der Waals surface area contributed by atoms with E-state index in [1.54, 1.807) is 0 Å². The molecule has 10 rings (SSSR count). The number of anilines is 2. The zero-order valence-corrected chi connectivity index (χ0v) is 24.2. The van der Waals surface area contributed by atoms with Crippen LogP contribution in [0.25, 0.3) is 66.4 Å². The topological polar surface area (TPSA) is 42.4 Å². The average molecular weight is 579 g/mol. The van der Waals surface area contributed by atoms with Gasteiger partial charge in [0.1, 0.15) is 16.7 Å². The molecule has 1 aliphatic carbocycles. The first-order valence-corrected chi connectivity index (χ1v) is 15.4. The Bertz CT molecular complexity index is 2500. The van der Waals surface area contributed by atoms with Gasteiger partial charge in [0.2, 0.25) is 5.89 Å². The minimum Gasteiger partial charge on any atom is -0.455 e. The standard InChI is InChI=1S/C41H26N2O2/c1-2-10-25(11-3-1)32-24-33-40(38-31-15-7-9-17-36(31)44-39(32)38)45-41(42-33)27-18-21-28(22-19-27)43-34-16-8-6-14-30(34)37-29-13-5-4-12-26(29)20-23-35(37)43/h1-24,30,34H. The van der Waals surface area contributed by atoms with Crippen LogP contribution in [-0.4, -0.2) is 11.0 Å². The number of hydrogen-bond donors (Lipinski definition) is 0. The fourth-order valence-corrected chi connectivity index (χ4v) is 7.42. The third-order valence-corrected chi connectivity index (χ3v) is 9.42. The quantitative estimate of drug-likeness (QED) is 0.209. The van der Waals surface area contributed by atoms with Gasteiger partial charge in [-0.25, -0.2) is 4.98 Å². The molecule has 4 heteroatoms. The molecule has 6 aromatic carbocycles. The van der Waals surface area contributed by atoms with Gasteiger partial charge in [-0.3, -0.25) is 0 Å². The zero-order chi connectivity index (χ0) is 29.5. The molecule has 0 N–H and O–H groups in total. The lowest BCUT2D eigenvalue weighted by atomic mass is 9.88. The fraction of sp³-hybridized carbons (Fsp3) is 0.0488. The van der Waals surface area contributed by atoms with Crippen molar-refractivity contribution in [3.63, 3.8) is 0 Å². The Kier molecular flexibility index (Phi) is 5.08. The van der Waals surface area contributed by atoms with Gasteiger partial charge in [0, 0.05) is 33.8 Å². The Balaban J connectivity index is 1.11. The molecule has 0 spiro atoms. The van der Waals surface area contributed by atoms with Crippen molar-refractivity contribution in [2.75, 3.05) is 4.90 Å². The Labute approximate surface area is 259 Å². The average Bonchev–Trinajstić information content (AvgIpc) is 3.80.